The highest BCUT2D eigenvalue weighted by molar-refractivity contribution is 9.10. The first kappa shape index (κ1) is 12.6. The molecule has 0 spiro atoms. The van der Waals surface area contributed by atoms with Crippen LogP contribution in [0, 0.1) is 0 Å². The third kappa shape index (κ3) is 3.54. The molecule has 82 valence electrons. The summed E-state index contributed by atoms with van der Waals surface area (Å²) in [5.41, 5.74) is 0.516. The second kappa shape index (κ2) is 5.56. The number of thiol groups is 1. The van der Waals surface area contributed by atoms with E-state index in [0.29, 0.717) is 5.56 Å². The van der Waals surface area contributed by atoms with E-state index < -0.39 is 0 Å². The molecule has 15 heavy (non-hydrogen) atoms. The molecule has 1 aromatic rings. The maximum Gasteiger partial charge on any atom is 0.339 e. The normalized spacial score (nSPS) is 12.3. The standard InChI is InChI=1S/C11H13BrO2S/c1-3-7(2)14-11(13)9-6-8(15)4-5-10(9)12/h4-7,15H,3H2,1-2H3. The van der Waals surface area contributed by atoms with Crippen LogP contribution in [0.15, 0.2) is 27.6 Å². The van der Waals surface area contributed by atoms with Crippen LogP contribution in [0.5, 0.6) is 0 Å². The number of hydrogen-bond acceptors (Lipinski definition) is 3. The molecule has 0 aliphatic heterocycles. The number of esters is 1. The third-order valence-corrected chi connectivity index (χ3v) is 3.02. The molecule has 1 rings (SSSR count). The van der Waals surface area contributed by atoms with Gasteiger partial charge in [-0.3, -0.25) is 0 Å². The van der Waals surface area contributed by atoms with Crippen molar-refractivity contribution in [3.05, 3.63) is 28.2 Å². The van der Waals surface area contributed by atoms with Crippen LogP contribution in [0.2, 0.25) is 0 Å². The van der Waals surface area contributed by atoms with E-state index in [1.54, 1.807) is 12.1 Å². The largest absolute Gasteiger partial charge is 0.459 e. The van der Waals surface area contributed by atoms with Gasteiger partial charge in [0.15, 0.2) is 0 Å². The molecule has 1 unspecified atom stereocenters. The van der Waals surface area contributed by atoms with Crippen molar-refractivity contribution < 1.29 is 9.53 Å². The molecule has 4 heteroatoms. The van der Waals surface area contributed by atoms with Crippen LogP contribution in [-0.2, 0) is 4.74 Å². The van der Waals surface area contributed by atoms with Crippen molar-refractivity contribution in [3.8, 4) is 0 Å². The van der Waals surface area contributed by atoms with Crippen molar-refractivity contribution in [1.82, 2.24) is 0 Å². The summed E-state index contributed by atoms with van der Waals surface area (Å²) in [4.78, 5) is 12.4. The lowest BCUT2D eigenvalue weighted by atomic mass is 10.2. The van der Waals surface area contributed by atoms with Crippen LogP contribution in [0.4, 0.5) is 0 Å². The fraction of sp³-hybridized carbons (Fsp3) is 0.364. The Morgan fingerprint density at radius 2 is 2.27 bits per heavy atom. The predicted octanol–water partition coefficient (Wildman–Crippen LogP) is 3.69. The van der Waals surface area contributed by atoms with E-state index in [0.717, 1.165) is 15.8 Å². The van der Waals surface area contributed by atoms with Gasteiger partial charge in [-0.1, -0.05) is 6.92 Å². The maximum absolute atomic E-state index is 11.7. The van der Waals surface area contributed by atoms with Gasteiger partial charge in [0, 0.05) is 9.37 Å². The molecule has 0 fully saturated rings. The molecule has 1 aromatic carbocycles. The summed E-state index contributed by atoms with van der Waals surface area (Å²) in [6, 6.07) is 5.29. The summed E-state index contributed by atoms with van der Waals surface area (Å²) < 4.78 is 5.95. The Kier molecular flexibility index (Phi) is 4.67. The van der Waals surface area contributed by atoms with E-state index in [-0.39, 0.29) is 12.1 Å². The first-order valence-electron chi connectivity index (χ1n) is 4.74. The van der Waals surface area contributed by atoms with Crippen LogP contribution in [0.1, 0.15) is 30.6 Å². The lowest BCUT2D eigenvalue weighted by Crippen LogP contribution is -2.14. The molecule has 0 N–H and O–H groups in total. The Labute approximate surface area is 104 Å². The minimum atomic E-state index is -0.313. The quantitative estimate of drug-likeness (QED) is 0.678. The van der Waals surface area contributed by atoms with Crippen LogP contribution in [-0.4, -0.2) is 12.1 Å². The Bertz CT molecular complexity index is 366. The highest BCUT2D eigenvalue weighted by Crippen LogP contribution is 2.21. The molecule has 0 saturated heterocycles. The van der Waals surface area contributed by atoms with Crippen molar-refractivity contribution in [2.75, 3.05) is 0 Å². The molecule has 0 aliphatic rings. The van der Waals surface area contributed by atoms with Gasteiger partial charge in [-0.15, -0.1) is 12.6 Å². The van der Waals surface area contributed by atoms with Gasteiger partial charge in [0.25, 0.3) is 0 Å². The zero-order chi connectivity index (χ0) is 11.4. The molecule has 0 aromatic heterocycles. The molecular weight excluding hydrogens is 276 g/mol. The molecule has 0 saturated carbocycles. The van der Waals surface area contributed by atoms with Crippen molar-refractivity contribution >= 4 is 34.5 Å². The predicted molar refractivity (Wildman–Crippen MR) is 66.6 cm³/mol. The van der Waals surface area contributed by atoms with E-state index in [1.807, 2.05) is 19.9 Å². The number of halogens is 1. The van der Waals surface area contributed by atoms with Crippen LogP contribution >= 0.6 is 28.6 Å². The monoisotopic (exact) mass is 288 g/mol. The first-order chi connectivity index (χ1) is 7.04. The summed E-state index contributed by atoms with van der Waals surface area (Å²) >= 11 is 7.49. The van der Waals surface area contributed by atoms with E-state index in [1.165, 1.54) is 0 Å². The molecule has 0 radical (unpaired) electrons. The molecule has 0 amide bonds. The molecule has 1 atom stereocenters. The number of benzene rings is 1. The Balaban J connectivity index is 2.86. The third-order valence-electron chi connectivity index (χ3n) is 2.05. The zero-order valence-corrected chi connectivity index (χ0v) is 11.1. The Hall–Kier alpha value is -0.480. The fourth-order valence-corrected chi connectivity index (χ4v) is 1.61. The SMILES string of the molecule is CCC(C)OC(=O)c1cc(S)ccc1Br. The van der Waals surface area contributed by atoms with Crippen LogP contribution in [0.25, 0.3) is 0 Å². The van der Waals surface area contributed by atoms with Crippen molar-refractivity contribution in [2.24, 2.45) is 0 Å². The first-order valence-corrected chi connectivity index (χ1v) is 5.98. The van der Waals surface area contributed by atoms with Gasteiger partial charge >= 0.3 is 5.97 Å². The van der Waals surface area contributed by atoms with Crippen LogP contribution < -0.4 is 0 Å². The zero-order valence-electron chi connectivity index (χ0n) is 8.66. The van der Waals surface area contributed by atoms with Gasteiger partial charge in [-0.05, 0) is 47.5 Å². The van der Waals surface area contributed by atoms with Crippen molar-refractivity contribution in [2.45, 2.75) is 31.3 Å². The van der Waals surface area contributed by atoms with Crippen molar-refractivity contribution in [3.63, 3.8) is 0 Å². The smallest absolute Gasteiger partial charge is 0.339 e. The number of carbonyl (C=O) groups excluding carboxylic acids is 1. The molecular formula is C11H13BrO2S. The summed E-state index contributed by atoms with van der Waals surface area (Å²) in [6.07, 6.45) is 0.747. The number of ether oxygens (including phenoxy) is 1. The fourth-order valence-electron chi connectivity index (χ4n) is 0.999. The van der Waals surface area contributed by atoms with Crippen molar-refractivity contribution in [1.29, 1.82) is 0 Å². The number of carbonyl (C=O) groups is 1. The highest BCUT2D eigenvalue weighted by Gasteiger charge is 2.14. The summed E-state index contributed by atoms with van der Waals surface area (Å²) in [6.45, 7) is 3.85. The molecule has 0 aliphatic carbocycles. The van der Waals surface area contributed by atoms with Gasteiger partial charge in [-0.25, -0.2) is 4.79 Å². The van der Waals surface area contributed by atoms with Gasteiger partial charge < -0.3 is 4.74 Å². The molecule has 2 nitrogen and oxygen atoms in total. The minimum Gasteiger partial charge on any atom is -0.459 e. The highest BCUT2D eigenvalue weighted by atomic mass is 79.9. The maximum atomic E-state index is 11.7. The van der Waals surface area contributed by atoms with E-state index in [4.69, 9.17) is 4.74 Å². The average molecular weight is 289 g/mol. The van der Waals surface area contributed by atoms with Gasteiger partial charge in [0.05, 0.1) is 11.7 Å². The second-order valence-electron chi connectivity index (χ2n) is 3.29. The number of rotatable bonds is 3. The van der Waals surface area contributed by atoms with Gasteiger partial charge in [-0.2, -0.15) is 0 Å². The second-order valence-corrected chi connectivity index (χ2v) is 4.66. The Morgan fingerprint density at radius 3 is 2.87 bits per heavy atom. The van der Waals surface area contributed by atoms with Gasteiger partial charge in [0.2, 0.25) is 0 Å². The van der Waals surface area contributed by atoms with E-state index >= 15 is 0 Å². The van der Waals surface area contributed by atoms with E-state index in [2.05, 4.69) is 28.6 Å². The average Bonchev–Trinajstić information content (AvgIpc) is 2.21. The van der Waals surface area contributed by atoms with E-state index in [9.17, 15) is 4.79 Å². The summed E-state index contributed by atoms with van der Waals surface area (Å²) in [7, 11) is 0. The lowest BCUT2D eigenvalue weighted by Gasteiger charge is -2.11. The number of hydrogen-bond donors (Lipinski definition) is 1. The van der Waals surface area contributed by atoms with Crippen LogP contribution in [0.3, 0.4) is 0 Å². The van der Waals surface area contributed by atoms with Gasteiger partial charge in [0.1, 0.15) is 0 Å². The summed E-state index contributed by atoms with van der Waals surface area (Å²) in [5, 5.41) is 0. The molecule has 0 bridgehead atoms. The summed E-state index contributed by atoms with van der Waals surface area (Å²) in [5.74, 6) is -0.313. The molecule has 0 heterocycles. The Morgan fingerprint density at radius 1 is 1.60 bits per heavy atom. The lowest BCUT2D eigenvalue weighted by molar-refractivity contribution is 0.0333. The topological polar surface area (TPSA) is 26.3 Å². The minimum absolute atomic E-state index is 0.0621.